The minimum absolute atomic E-state index is 0.132. The van der Waals surface area contributed by atoms with Gasteiger partial charge in [0, 0.05) is 57.0 Å². The fourth-order valence-corrected chi connectivity index (χ4v) is 5.25. The summed E-state index contributed by atoms with van der Waals surface area (Å²) in [6.45, 7) is 10.2. The summed E-state index contributed by atoms with van der Waals surface area (Å²) in [4.78, 5) is 41.4. The number of carbonyl (C=O) groups excluding carboxylic acids is 2. The van der Waals surface area contributed by atoms with Crippen LogP contribution in [0.3, 0.4) is 0 Å². The Kier molecular flexibility index (Phi) is 9.82. The highest BCUT2D eigenvalue weighted by Gasteiger charge is 2.28. The summed E-state index contributed by atoms with van der Waals surface area (Å²) in [5, 5.41) is 5.14. The van der Waals surface area contributed by atoms with Crippen LogP contribution >= 0.6 is 11.3 Å². The highest BCUT2D eigenvalue weighted by molar-refractivity contribution is 7.10. The lowest BCUT2D eigenvalue weighted by Gasteiger charge is -2.26. The molecule has 3 aromatic rings. The highest BCUT2D eigenvalue weighted by Crippen LogP contribution is 2.30. The number of fused-ring (bicyclic) bond motifs is 1. The second-order valence-electron chi connectivity index (χ2n) is 11.0. The first-order valence-corrected chi connectivity index (χ1v) is 14.8. The van der Waals surface area contributed by atoms with E-state index in [1.54, 1.807) is 34.4 Å². The van der Waals surface area contributed by atoms with Crippen molar-refractivity contribution in [2.24, 2.45) is 0 Å². The maximum atomic E-state index is 13.6. The molecule has 0 aliphatic carbocycles. The summed E-state index contributed by atoms with van der Waals surface area (Å²) in [5.74, 6) is 1.00. The molecule has 1 aromatic carbocycles. The number of likely N-dealkylation sites (N-methyl/N-ethyl adjacent to an activating group) is 1. The van der Waals surface area contributed by atoms with Crippen LogP contribution in [0.15, 0.2) is 48.0 Å². The number of nitrogens with zero attached hydrogens (tertiary/aromatic N) is 5. The van der Waals surface area contributed by atoms with Crippen molar-refractivity contribution in [3.8, 4) is 0 Å². The molecule has 1 aliphatic rings. The highest BCUT2D eigenvalue weighted by atomic mass is 32.1. The molecule has 41 heavy (non-hydrogen) atoms. The molecular weight excluding hydrogens is 540 g/mol. The van der Waals surface area contributed by atoms with Crippen molar-refractivity contribution in [2.45, 2.75) is 52.4 Å². The predicted molar refractivity (Wildman–Crippen MR) is 163 cm³/mol. The third kappa shape index (κ3) is 7.95. The van der Waals surface area contributed by atoms with Gasteiger partial charge < -0.3 is 29.5 Å². The van der Waals surface area contributed by atoms with Crippen molar-refractivity contribution < 1.29 is 19.1 Å². The van der Waals surface area contributed by atoms with Gasteiger partial charge in [-0.25, -0.2) is 9.78 Å². The van der Waals surface area contributed by atoms with E-state index in [4.69, 9.17) is 9.47 Å². The minimum Gasteiger partial charge on any atom is -0.444 e. The summed E-state index contributed by atoms with van der Waals surface area (Å²) in [7, 11) is 3.68. The van der Waals surface area contributed by atoms with E-state index in [9.17, 15) is 9.59 Å². The molecule has 220 valence electrons. The number of carbonyl (C=O) groups is 2. The number of nitrogens with one attached hydrogen (secondary N) is 1. The summed E-state index contributed by atoms with van der Waals surface area (Å²) in [6.07, 6.45) is 1.68. The first kappa shape index (κ1) is 30.3. The molecule has 0 bridgehead atoms. The number of benzene rings is 1. The fourth-order valence-electron chi connectivity index (χ4n) is 4.44. The summed E-state index contributed by atoms with van der Waals surface area (Å²) in [6, 6.07) is 11.9. The normalized spacial score (nSPS) is 14.3. The standard InChI is InChI=1S/C30H40N6O4S/c1-7-31-28-32-19-23-26(33-28)34(5)15-16-36(27(23)37)22-11-8-10-21(18-22)20-39-24(25-12-9-17-41-25)13-14-35(6)29(38)40-30(2,3)4/h8-12,17-19,24H,7,13-16,20H2,1-6H3,(H,31,32,33)/t24-/m0/s1. The van der Waals surface area contributed by atoms with Crippen molar-refractivity contribution in [3.63, 3.8) is 0 Å². The SMILES string of the molecule is CCNc1ncc2c(n1)N(C)CCN(c1cccc(CO[C@@H](CCN(C)C(=O)OC(C)(C)C)c3cccs3)c1)C2=O. The Morgan fingerprint density at radius 3 is 2.73 bits per heavy atom. The molecule has 0 saturated heterocycles. The minimum atomic E-state index is -0.547. The molecule has 0 unspecified atom stereocenters. The Balaban J connectivity index is 1.45. The van der Waals surface area contributed by atoms with Gasteiger partial charge >= 0.3 is 6.09 Å². The molecule has 10 nitrogen and oxygen atoms in total. The molecule has 0 saturated carbocycles. The van der Waals surface area contributed by atoms with Crippen molar-refractivity contribution in [3.05, 3.63) is 64.0 Å². The Morgan fingerprint density at radius 2 is 2.02 bits per heavy atom. The van der Waals surface area contributed by atoms with Gasteiger partial charge in [0.05, 0.1) is 12.7 Å². The molecule has 4 rings (SSSR count). The van der Waals surface area contributed by atoms with Gasteiger partial charge in [-0.3, -0.25) is 4.79 Å². The third-order valence-electron chi connectivity index (χ3n) is 6.57. The van der Waals surface area contributed by atoms with Crippen LogP contribution in [-0.2, 0) is 16.1 Å². The maximum absolute atomic E-state index is 13.6. The molecule has 0 radical (unpaired) electrons. The fraction of sp³-hybridized carbons (Fsp3) is 0.467. The maximum Gasteiger partial charge on any atom is 0.410 e. The average molecular weight is 581 g/mol. The zero-order chi connectivity index (χ0) is 29.6. The molecule has 1 aliphatic heterocycles. The lowest BCUT2D eigenvalue weighted by molar-refractivity contribution is 0.0148. The summed E-state index contributed by atoms with van der Waals surface area (Å²) < 4.78 is 11.9. The number of anilines is 3. The molecule has 3 heterocycles. The number of aromatic nitrogens is 2. The van der Waals surface area contributed by atoms with Crippen molar-refractivity contribution in [1.29, 1.82) is 0 Å². The number of ether oxygens (including phenoxy) is 2. The molecule has 2 amide bonds. The molecule has 1 atom stereocenters. The predicted octanol–water partition coefficient (Wildman–Crippen LogP) is 5.58. The second-order valence-corrected chi connectivity index (χ2v) is 12.0. The molecule has 2 aromatic heterocycles. The second kappa shape index (κ2) is 13.3. The van der Waals surface area contributed by atoms with Crippen LogP contribution in [0.25, 0.3) is 0 Å². The smallest absolute Gasteiger partial charge is 0.410 e. The van der Waals surface area contributed by atoms with E-state index in [1.807, 2.05) is 81.4 Å². The number of amides is 2. The average Bonchev–Trinajstić information content (AvgIpc) is 3.43. The van der Waals surface area contributed by atoms with Crippen LogP contribution in [0.2, 0.25) is 0 Å². The molecule has 0 fully saturated rings. The third-order valence-corrected chi connectivity index (χ3v) is 7.53. The van der Waals surface area contributed by atoms with Crippen molar-refractivity contribution in [1.82, 2.24) is 14.9 Å². The molecule has 0 spiro atoms. The Labute approximate surface area is 246 Å². The quantitative estimate of drug-likeness (QED) is 0.332. The Bertz CT molecular complexity index is 1330. The monoisotopic (exact) mass is 580 g/mol. The van der Waals surface area contributed by atoms with E-state index in [2.05, 4.69) is 15.3 Å². The molecule has 11 heteroatoms. The van der Waals surface area contributed by atoms with E-state index in [0.717, 1.165) is 16.1 Å². The summed E-state index contributed by atoms with van der Waals surface area (Å²) >= 11 is 1.63. The van der Waals surface area contributed by atoms with Crippen LogP contribution in [0.1, 0.15) is 61.0 Å². The molecular formula is C30H40N6O4S. The van der Waals surface area contributed by atoms with Crippen LogP contribution in [0.4, 0.5) is 22.2 Å². The Hall–Kier alpha value is -3.70. The van der Waals surface area contributed by atoms with Crippen LogP contribution < -0.4 is 15.1 Å². The Morgan fingerprint density at radius 1 is 1.22 bits per heavy atom. The number of thiophene rings is 1. The van der Waals surface area contributed by atoms with Crippen LogP contribution in [0.5, 0.6) is 0 Å². The van der Waals surface area contributed by atoms with Crippen LogP contribution in [0, 0.1) is 0 Å². The van der Waals surface area contributed by atoms with Gasteiger partial charge in [0.25, 0.3) is 5.91 Å². The zero-order valence-corrected chi connectivity index (χ0v) is 25.5. The first-order chi connectivity index (χ1) is 19.6. The van der Waals surface area contributed by atoms with Gasteiger partial charge in [0.15, 0.2) is 0 Å². The van der Waals surface area contributed by atoms with E-state index < -0.39 is 5.60 Å². The molecule has 1 N–H and O–H groups in total. The number of rotatable bonds is 10. The summed E-state index contributed by atoms with van der Waals surface area (Å²) in [5.41, 5.74) is 1.67. The van der Waals surface area contributed by atoms with E-state index in [-0.39, 0.29) is 18.1 Å². The van der Waals surface area contributed by atoms with Gasteiger partial charge in [-0.15, -0.1) is 11.3 Å². The van der Waals surface area contributed by atoms with Gasteiger partial charge in [-0.1, -0.05) is 18.2 Å². The lowest BCUT2D eigenvalue weighted by Crippen LogP contribution is -2.35. The number of hydrogen-bond donors (Lipinski definition) is 1. The van der Waals surface area contributed by atoms with Crippen molar-refractivity contribution in [2.75, 3.05) is 55.4 Å². The largest absolute Gasteiger partial charge is 0.444 e. The first-order valence-electron chi connectivity index (χ1n) is 13.9. The zero-order valence-electron chi connectivity index (χ0n) is 24.7. The number of hydrogen-bond acceptors (Lipinski definition) is 9. The van der Waals surface area contributed by atoms with Crippen LogP contribution in [-0.4, -0.2) is 72.7 Å². The van der Waals surface area contributed by atoms with E-state index >= 15 is 0 Å². The van der Waals surface area contributed by atoms with Gasteiger partial charge in [-0.05, 0) is 63.3 Å². The lowest BCUT2D eigenvalue weighted by atomic mass is 10.1. The van der Waals surface area contributed by atoms with Crippen molar-refractivity contribution >= 4 is 40.8 Å². The van der Waals surface area contributed by atoms with Gasteiger partial charge in [0.1, 0.15) is 17.0 Å². The topological polar surface area (TPSA) is 100 Å². The van der Waals surface area contributed by atoms with Gasteiger partial charge in [0.2, 0.25) is 5.95 Å². The van der Waals surface area contributed by atoms with E-state index in [0.29, 0.717) is 56.5 Å². The van der Waals surface area contributed by atoms with Gasteiger partial charge in [-0.2, -0.15) is 4.98 Å². The van der Waals surface area contributed by atoms with E-state index in [1.165, 1.54) is 0 Å².